The normalized spacial score (nSPS) is 10.7. The Labute approximate surface area is 124 Å². The fraction of sp³-hybridized carbons (Fsp3) is 0. The second-order valence-corrected chi connectivity index (χ2v) is 5.32. The van der Waals surface area contributed by atoms with E-state index in [1.807, 2.05) is 24.3 Å². The first kappa shape index (κ1) is 13.3. The maximum atomic E-state index is 10.6. The van der Waals surface area contributed by atoms with Crippen molar-refractivity contribution in [1.82, 2.24) is 9.97 Å². The minimum absolute atomic E-state index is 0.0527. The Morgan fingerprint density at radius 1 is 1.00 bits per heavy atom. The molecule has 0 saturated heterocycles. The third-order valence-corrected chi connectivity index (χ3v) is 3.83. The molecule has 0 aliphatic rings. The van der Waals surface area contributed by atoms with Crippen molar-refractivity contribution in [2.45, 2.75) is 9.92 Å². The highest BCUT2D eigenvalue weighted by atomic mass is 32.2. The Kier molecular flexibility index (Phi) is 3.41. The zero-order valence-corrected chi connectivity index (χ0v) is 11.6. The Balaban J connectivity index is 1.93. The molecule has 7 heteroatoms. The van der Waals surface area contributed by atoms with Gasteiger partial charge in [-0.2, -0.15) is 0 Å². The highest BCUT2D eigenvalue weighted by Crippen LogP contribution is 2.31. The standard InChI is InChI=1S/C14H10N4O2S/c15-13-14(17-12-4-2-1-3-11(12)16-13)21-10-7-5-9(6-8-10)18(19)20/h1-8H,(H2,15,16). The lowest BCUT2D eigenvalue weighted by molar-refractivity contribution is -0.384. The molecular weight excluding hydrogens is 288 g/mol. The van der Waals surface area contributed by atoms with Crippen LogP contribution >= 0.6 is 11.8 Å². The van der Waals surface area contributed by atoms with Crippen molar-refractivity contribution in [3.63, 3.8) is 0 Å². The predicted octanol–water partition coefficient (Wildman–Crippen LogP) is 3.27. The number of anilines is 1. The van der Waals surface area contributed by atoms with Crippen LogP contribution in [0.15, 0.2) is 58.5 Å². The van der Waals surface area contributed by atoms with Crippen molar-refractivity contribution in [3.05, 3.63) is 58.6 Å². The third kappa shape index (κ3) is 2.77. The number of nitro benzene ring substituents is 1. The minimum atomic E-state index is -0.432. The van der Waals surface area contributed by atoms with Crippen LogP contribution in [0.4, 0.5) is 11.5 Å². The van der Waals surface area contributed by atoms with E-state index in [1.165, 1.54) is 23.9 Å². The Morgan fingerprint density at radius 3 is 2.24 bits per heavy atom. The van der Waals surface area contributed by atoms with Crippen LogP contribution in [0.3, 0.4) is 0 Å². The number of hydrogen-bond acceptors (Lipinski definition) is 6. The molecule has 1 heterocycles. The van der Waals surface area contributed by atoms with E-state index < -0.39 is 4.92 Å². The van der Waals surface area contributed by atoms with Gasteiger partial charge in [0.2, 0.25) is 0 Å². The number of para-hydroxylation sites is 2. The molecule has 6 nitrogen and oxygen atoms in total. The van der Waals surface area contributed by atoms with Gasteiger partial charge in [-0.25, -0.2) is 9.97 Å². The topological polar surface area (TPSA) is 94.9 Å². The van der Waals surface area contributed by atoms with Crippen LogP contribution < -0.4 is 5.73 Å². The molecule has 0 spiro atoms. The molecule has 0 atom stereocenters. The molecule has 0 radical (unpaired) electrons. The van der Waals surface area contributed by atoms with Crippen molar-refractivity contribution in [2.75, 3.05) is 5.73 Å². The van der Waals surface area contributed by atoms with Gasteiger partial charge in [-0.1, -0.05) is 23.9 Å². The average molecular weight is 298 g/mol. The molecule has 0 aliphatic carbocycles. The highest BCUT2D eigenvalue weighted by Gasteiger charge is 2.09. The Morgan fingerprint density at radius 2 is 1.62 bits per heavy atom. The summed E-state index contributed by atoms with van der Waals surface area (Å²) in [6.45, 7) is 0. The fourth-order valence-electron chi connectivity index (χ4n) is 1.82. The van der Waals surface area contributed by atoms with Gasteiger partial charge in [0, 0.05) is 17.0 Å². The van der Waals surface area contributed by atoms with Crippen LogP contribution in [0.1, 0.15) is 0 Å². The van der Waals surface area contributed by atoms with Crippen LogP contribution in [0.25, 0.3) is 11.0 Å². The van der Waals surface area contributed by atoms with Gasteiger partial charge in [0.15, 0.2) is 5.82 Å². The predicted molar refractivity (Wildman–Crippen MR) is 81.2 cm³/mol. The molecule has 0 fully saturated rings. The molecule has 0 unspecified atom stereocenters. The van der Waals surface area contributed by atoms with E-state index in [0.29, 0.717) is 10.8 Å². The van der Waals surface area contributed by atoms with Gasteiger partial charge in [0.05, 0.1) is 16.0 Å². The number of hydrogen-bond donors (Lipinski definition) is 1. The molecule has 21 heavy (non-hydrogen) atoms. The summed E-state index contributed by atoms with van der Waals surface area (Å²) in [4.78, 5) is 19.8. The summed E-state index contributed by atoms with van der Waals surface area (Å²) in [5.41, 5.74) is 7.46. The lowest BCUT2D eigenvalue weighted by Gasteiger charge is -2.05. The van der Waals surface area contributed by atoms with Crippen LogP contribution in [0.2, 0.25) is 0 Å². The van der Waals surface area contributed by atoms with E-state index in [-0.39, 0.29) is 5.69 Å². The summed E-state index contributed by atoms with van der Waals surface area (Å²) in [6.07, 6.45) is 0. The second kappa shape index (κ2) is 5.37. The quantitative estimate of drug-likeness (QED) is 0.589. The number of fused-ring (bicyclic) bond motifs is 1. The lowest BCUT2D eigenvalue weighted by atomic mass is 10.3. The SMILES string of the molecule is Nc1nc2ccccc2nc1Sc1ccc([N+](=O)[O-])cc1. The maximum Gasteiger partial charge on any atom is 0.269 e. The van der Waals surface area contributed by atoms with Gasteiger partial charge in [0.25, 0.3) is 5.69 Å². The number of benzene rings is 2. The van der Waals surface area contributed by atoms with E-state index in [1.54, 1.807) is 12.1 Å². The van der Waals surface area contributed by atoms with Crippen molar-refractivity contribution in [2.24, 2.45) is 0 Å². The summed E-state index contributed by atoms with van der Waals surface area (Å²) < 4.78 is 0. The molecule has 0 aliphatic heterocycles. The molecule has 0 bridgehead atoms. The van der Waals surface area contributed by atoms with Crippen molar-refractivity contribution in [3.8, 4) is 0 Å². The van der Waals surface area contributed by atoms with E-state index in [2.05, 4.69) is 9.97 Å². The summed E-state index contributed by atoms with van der Waals surface area (Å²) in [7, 11) is 0. The van der Waals surface area contributed by atoms with E-state index in [9.17, 15) is 10.1 Å². The van der Waals surface area contributed by atoms with E-state index in [0.717, 1.165) is 15.9 Å². The summed E-state index contributed by atoms with van der Waals surface area (Å²) in [6, 6.07) is 13.7. The molecule has 3 aromatic rings. The third-order valence-electron chi connectivity index (χ3n) is 2.83. The number of nitrogens with two attached hydrogens (primary N) is 1. The highest BCUT2D eigenvalue weighted by molar-refractivity contribution is 7.99. The molecular formula is C14H10N4O2S. The molecule has 2 N–H and O–H groups in total. The summed E-state index contributed by atoms with van der Waals surface area (Å²) in [5, 5.41) is 11.2. The molecule has 2 aromatic carbocycles. The summed E-state index contributed by atoms with van der Waals surface area (Å²) >= 11 is 1.33. The Hall–Kier alpha value is -2.67. The zero-order chi connectivity index (χ0) is 14.8. The fourth-order valence-corrected chi connectivity index (χ4v) is 2.61. The monoisotopic (exact) mass is 298 g/mol. The number of nitro groups is 1. The first-order chi connectivity index (χ1) is 10.1. The molecule has 0 saturated carbocycles. The molecule has 3 rings (SSSR count). The first-order valence-corrected chi connectivity index (χ1v) is 6.90. The van der Waals surface area contributed by atoms with Crippen molar-refractivity contribution >= 4 is 34.3 Å². The van der Waals surface area contributed by atoms with E-state index in [4.69, 9.17) is 5.73 Å². The second-order valence-electron chi connectivity index (χ2n) is 4.26. The van der Waals surface area contributed by atoms with Crippen LogP contribution in [0.5, 0.6) is 0 Å². The van der Waals surface area contributed by atoms with Gasteiger partial charge in [-0.05, 0) is 24.3 Å². The van der Waals surface area contributed by atoms with Gasteiger partial charge < -0.3 is 5.73 Å². The number of non-ortho nitro benzene ring substituents is 1. The number of aromatic nitrogens is 2. The van der Waals surface area contributed by atoms with Gasteiger partial charge >= 0.3 is 0 Å². The molecule has 104 valence electrons. The van der Waals surface area contributed by atoms with Gasteiger partial charge in [-0.3, -0.25) is 10.1 Å². The van der Waals surface area contributed by atoms with Crippen LogP contribution in [-0.4, -0.2) is 14.9 Å². The van der Waals surface area contributed by atoms with Crippen LogP contribution in [-0.2, 0) is 0 Å². The average Bonchev–Trinajstić information content (AvgIpc) is 2.48. The largest absolute Gasteiger partial charge is 0.381 e. The smallest absolute Gasteiger partial charge is 0.269 e. The van der Waals surface area contributed by atoms with Gasteiger partial charge in [0.1, 0.15) is 5.03 Å². The summed E-state index contributed by atoms with van der Waals surface area (Å²) in [5.74, 6) is 0.344. The maximum absolute atomic E-state index is 10.6. The van der Waals surface area contributed by atoms with Crippen molar-refractivity contribution < 1.29 is 4.92 Å². The molecule has 1 aromatic heterocycles. The minimum Gasteiger partial charge on any atom is -0.381 e. The number of nitrogen functional groups attached to an aromatic ring is 1. The van der Waals surface area contributed by atoms with Gasteiger partial charge in [-0.15, -0.1) is 0 Å². The van der Waals surface area contributed by atoms with Crippen molar-refractivity contribution in [1.29, 1.82) is 0 Å². The zero-order valence-electron chi connectivity index (χ0n) is 10.8. The van der Waals surface area contributed by atoms with E-state index >= 15 is 0 Å². The van der Waals surface area contributed by atoms with Crippen LogP contribution in [0, 0.1) is 10.1 Å². The Bertz CT molecular complexity index is 821. The first-order valence-electron chi connectivity index (χ1n) is 6.08. The number of rotatable bonds is 3. The lowest BCUT2D eigenvalue weighted by Crippen LogP contribution is -1.97. The number of nitrogens with zero attached hydrogens (tertiary/aromatic N) is 3. The molecule has 0 amide bonds.